The first-order valence-electron chi connectivity index (χ1n) is 10.4. The van der Waals surface area contributed by atoms with Crippen LogP contribution in [0.2, 0.25) is 0 Å². The van der Waals surface area contributed by atoms with Crippen molar-refractivity contribution in [3.05, 3.63) is 0 Å². The van der Waals surface area contributed by atoms with E-state index >= 15 is 0 Å². The van der Waals surface area contributed by atoms with Gasteiger partial charge in [-0.05, 0) is 12.8 Å². The molecule has 0 radical (unpaired) electrons. The average Bonchev–Trinajstić information content (AvgIpc) is 2.60. The maximum absolute atomic E-state index is 5.10. The summed E-state index contributed by atoms with van der Waals surface area (Å²) in [5.41, 5.74) is 0. The van der Waals surface area contributed by atoms with Crippen molar-refractivity contribution in [2.24, 2.45) is 0 Å². The Morgan fingerprint density at radius 2 is 0.741 bits per heavy atom. The molecule has 166 valence electrons. The topological polar surface area (TPSA) is 18.5 Å². The molecule has 0 saturated heterocycles. The van der Waals surface area contributed by atoms with Crippen molar-refractivity contribution in [1.82, 2.24) is 0 Å². The SMILES string of the molecule is CCCCCCCCCOC([S-])[S-].CCCCCCCCCOC([S-])[S-].[Pt+4]. The molecule has 0 unspecified atom stereocenters. The van der Waals surface area contributed by atoms with Crippen LogP contribution in [0.5, 0.6) is 0 Å². The number of ether oxygens (including phenoxy) is 2. The van der Waals surface area contributed by atoms with E-state index in [-0.39, 0.29) is 21.1 Å². The van der Waals surface area contributed by atoms with Crippen LogP contribution in [-0.4, -0.2) is 22.7 Å². The number of rotatable bonds is 18. The van der Waals surface area contributed by atoms with Crippen molar-refractivity contribution in [1.29, 1.82) is 0 Å². The van der Waals surface area contributed by atoms with Crippen LogP contribution in [0.3, 0.4) is 0 Å². The molecule has 0 rings (SSSR count). The van der Waals surface area contributed by atoms with Crippen LogP contribution < -0.4 is 0 Å². The van der Waals surface area contributed by atoms with Crippen molar-refractivity contribution in [2.75, 3.05) is 13.2 Å². The summed E-state index contributed by atoms with van der Waals surface area (Å²) in [7, 11) is 0. The first kappa shape index (κ1) is 33.6. The molecule has 7 heteroatoms. The molecule has 0 aromatic rings. The molecule has 0 aliphatic rings. The van der Waals surface area contributed by atoms with Gasteiger partial charge < -0.3 is 60.0 Å². The first-order valence-corrected chi connectivity index (χ1v) is 12.3. The summed E-state index contributed by atoms with van der Waals surface area (Å²) in [5.74, 6) is 0. The van der Waals surface area contributed by atoms with Gasteiger partial charge in [-0.3, -0.25) is 0 Å². The third-order valence-electron chi connectivity index (χ3n) is 4.00. The maximum Gasteiger partial charge on any atom is 4.00 e. The molecule has 0 aliphatic heterocycles. The standard InChI is InChI=1S/2C10H22OS2.Pt/c2*1-2-3-4-5-6-7-8-9-11-10(12)13;/h2*10,12-13H,2-9H2,1H3;/q;;+4/p-4. The molecule has 0 heterocycles. The van der Waals surface area contributed by atoms with Crippen molar-refractivity contribution in [2.45, 2.75) is 113 Å². The van der Waals surface area contributed by atoms with E-state index in [1.165, 1.54) is 77.0 Å². The maximum atomic E-state index is 5.10. The van der Waals surface area contributed by atoms with Gasteiger partial charge in [0.15, 0.2) is 0 Å². The molecule has 0 aliphatic carbocycles. The van der Waals surface area contributed by atoms with Crippen molar-refractivity contribution < 1.29 is 30.5 Å². The van der Waals surface area contributed by atoms with Gasteiger partial charge in [0.1, 0.15) is 0 Å². The molecule has 0 fully saturated rings. The predicted molar refractivity (Wildman–Crippen MR) is 125 cm³/mol. The van der Waals surface area contributed by atoms with Crippen molar-refractivity contribution in [3.63, 3.8) is 0 Å². The van der Waals surface area contributed by atoms with Gasteiger partial charge in [-0.25, -0.2) is 0 Å². The Hall–Kier alpha value is 2.01. The van der Waals surface area contributed by atoms with Crippen LogP contribution in [0.25, 0.3) is 0 Å². The van der Waals surface area contributed by atoms with Crippen LogP contribution >= 0.6 is 0 Å². The van der Waals surface area contributed by atoms with E-state index in [9.17, 15) is 0 Å². The second-order valence-corrected chi connectivity index (χ2v) is 8.87. The zero-order valence-electron chi connectivity index (χ0n) is 17.2. The van der Waals surface area contributed by atoms with E-state index in [2.05, 4.69) is 13.8 Å². The molecular formula is C20H40O2PtS4. The summed E-state index contributed by atoms with van der Waals surface area (Å²) in [6.07, 6.45) is 18.2. The summed E-state index contributed by atoms with van der Waals surface area (Å²) in [4.78, 5) is 0. The van der Waals surface area contributed by atoms with Gasteiger partial charge in [0.25, 0.3) is 0 Å². The van der Waals surface area contributed by atoms with Crippen LogP contribution in [0.1, 0.15) is 104 Å². The number of unbranched alkanes of at least 4 members (excludes halogenated alkanes) is 12. The normalized spacial score (nSPS) is 10.7. The van der Waals surface area contributed by atoms with E-state index in [0.29, 0.717) is 0 Å². The summed E-state index contributed by atoms with van der Waals surface area (Å²) < 4.78 is 9.34. The minimum Gasteiger partial charge on any atom is -0.788 e. The second kappa shape index (κ2) is 30.2. The van der Waals surface area contributed by atoms with Crippen LogP contribution in [-0.2, 0) is 81.1 Å². The fourth-order valence-corrected chi connectivity index (χ4v) is 2.86. The smallest absolute Gasteiger partial charge is 0.788 e. The molecule has 0 amide bonds. The molecule has 0 atom stereocenters. The largest absolute Gasteiger partial charge is 4.00 e. The van der Waals surface area contributed by atoms with Gasteiger partial charge in [-0.1, -0.05) is 90.9 Å². The Labute approximate surface area is 206 Å². The third kappa shape index (κ3) is 39.1. The van der Waals surface area contributed by atoms with Gasteiger partial charge in [0.05, 0.1) is 0 Å². The first-order chi connectivity index (χ1) is 12.5. The fraction of sp³-hybridized carbons (Fsp3) is 1.00. The van der Waals surface area contributed by atoms with Crippen LogP contribution in [0.15, 0.2) is 0 Å². The average molecular weight is 636 g/mol. The molecule has 0 aromatic heterocycles. The molecule has 0 aromatic carbocycles. The molecule has 0 saturated carbocycles. The van der Waals surface area contributed by atoms with Crippen LogP contribution in [0, 0.1) is 0 Å². The van der Waals surface area contributed by atoms with Gasteiger partial charge in [-0.15, -0.1) is 0 Å². The predicted octanol–water partition coefficient (Wildman–Crippen LogP) is 6.26. The Kier molecular flexibility index (Phi) is 37.6. The zero-order valence-corrected chi connectivity index (χ0v) is 22.8. The Balaban J connectivity index is -0.000000411. The summed E-state index contributed by atoms with van der Waals surface area (Å²) in [5, 5.41) is 0. The molecular weight excluding hydrogens is 596 g/mol. The van der Waals surface area contributed by atoms with Crippen molar-refractivity contribution in [3.8, 4) is 0 Å². The van der Waals surface area contributed by atoms with Gasteiger partial charge in [0, 0.05) is 13.2 Å². The summed E-state index contributed by atoms with van der Waals surface area (Å²) in [6.45, 7) is 5.96. The second-order valence-electron chi connectivity index (χ2n) is 6.56. The van der Waals surface area contributed by atoms with Gasteiger partial charge in [-0.2, -0.15) is 9.54 Å². The number of hydrogen-bond acceptors (Lipinski definition) is 6. The monoisotopic (exact) mass is 635 g/mol. The molecule has 0 bridgehead atoms. The zero-order chi connectivity index (χ0) is 19.9. The van der Waals surface area contributed by atoms with Gasteiger partial charge >= 0.3 is 21.1 Å². The Morgan fingerprint density at radius 1 is 0.481 bits per heavy atom. The Morgan fingerprint density at radius 3 is 1.00 bits per heavy atom. The molecule has 0 N–H and O–H groups in total. The van der Waals surface area contributed by atoms with Crippen molar-refractivity contribution >= 4 is 50.5 Å². The fourth-order valence-electron chi connectivity index (χ4n) is 2.48. The van der Waals surface area contributed by atoms with E-state index in [1.54, 1.807) is 0 Å². The molecule has 2 nitrogen and oxygen atoms in total. The number of hydrogen-bond donors (Lipinski definition) is 0. The minimum absolute atomic E-state index is 0. The van der Waals surface area contributed by atoms with E-state index in [0.717, 1.165) is 26.1 Å². The summed E-state index contributed by atoms with van der Waals surface area (Å²) in [6, 6.07) is 0. The quantitative estimate of drug-likeness (QED) is 0.130. The van der Waals surface area contributed by atoms with Gasteiger partial charge in [0.2, 0.25) is 0 Å². The molecule has 27 heavy (non-hydrogen) atoms. The summed E-state index contributed by atoms with van der Waals surface area (Å²) >= 11 is 18.8. The van der Waals surface area contributed by atoms with E-state index < -0.39 is 9.54 Å². The van der Waals surface area contributed by atoms with E-state index in [4.69, 9.17) is 60.0 Å². The third-order valence-corrected chi connectivity index (χ3v) is 4.55. The minimum atomic E-state index is -0.430. The van der Waals surface area contributed by atoms with E-state index in [1.807, 2.05) is 0 Å². The molecule has 0 spiro atoms. The Bertz CT molecular complexity index is 224. The van der Waals surface area contributed by atoms with Crippen LogP contribution in [0.4, 0.5) is 0 Å².